The van der Waals surface area contributed by atoms with Crippen molar-refractivity contribution in [1.29, 1.82) is 0 Å². The molecule has 5 rings (SSSR count). The first kappa shape index (κ1) is 20.4. The number of carboxylic acids is 1. The Labute approximate surface area is 185 Å². The van der Waals surface area contributed by atoms with Crippen LogP contribution in [0.1, 0.15) is 43.6 Å². The fourth-order valence-corrected chi connectivity index (χ4v) is 4.70. The molecule has 0 bridgehead atoms. The molecule has 0 spiro atoms. The number of aliphatic carboxylic acids is 1. The number of hydrogen-bond donors (Lipinski definition) is 2. The Morgan fingerprint density at radius 3 is 2.44 bits per heavy atom. The fourth-order valence-electron chi connectivity index (χ4n) is 4.70. The van der Waals surface area contributed by atoms with E-state index in [2.05, 4.69) is 39.2 Å². The molecule has 5 nitrogen and oxygen atoms in total. The minimum Gasteiger partial charge on any atom is -0.481 e. The number of rotatable bonds is 5. The molecule has 2 heterocycles. The fraction of sp³-hybridized carbons (Fsp3) is 0.269. The highest BCUT2D eigenvalue weighted by atomic mass is 19.1. The Kier molecular flexibility index (Phi) is 5.43. The summed E-state index contributed by atoms with van der Waals surface area (Å²) < 4.78 is 13.4. The second-order valence-corrected chi connectivity index (χ2v) is 8.62. The number of hydrogen-bond acceptors (Lipinski definition) is 3. The van der Waals surface area contributed by atoms with Crippen LogP contribution >= 0.6 is 0 Å². The van der Waals surface area contributed by atoms with E-state index in [1.807, 2.05) is 12.1 Å². The average Bonchev–Trinajstić information content (AvgIpc) is 3.23. The van der Waals surface area contributed by atoms with Crippen molar-refractivity contribution in [3.8, 4) is 22.6 Å². The van der Waals surface area contributed by atoms with Gasteiger partial charge < -0.3 is 10.1 Å². The quantitative estimate of drug-likeness (QED) is 0.397. The monoisotopic (exact) mass is 429 g/mol. The van der Waals surface area contributed by atoms with E-state index in [1.54, 1.807) is 12.3 Å². The van der Waals surface area contributed by atoms with Crippen LogP contribution in [0.25, 0.3) is 33.7 Å². The van der Waals surface area contributed by atoms with Gasteiger partial charge in [-0.25, -0.2) is 9.37 Å². The maximum Gasteiger partial charge on any atom is 0.303 e. The van der Waals surface area contributed by atoms with Crippen LogP contribution in [-0.2, 0) is 4.79 Å². The molecule has 1 aliphatic rings. The van der Waals surface area contributed by atoms with E-state index < -0.39 is 5.97 Å². The molecule has 2 aromatic carbocycles. The first-order valence-corrected chi connectivity index (χ1v) is 11.0. The van der Waals surface area contributed by atoms with E-state index in [0.717, 1.165) is 48.0 Å². The highest BCUT2D eigenvalue weighted by Gasteiger charge is 2.24. The Morgan fingerprint density at radius 2 is 1.75 bits per heavy atom. The van der Waals surface area contributed by atoms with Gasteiger partial charge in [0.2, 0.25) is 0 Å². The van der Waals surface area contributed by atoms with Crippen molar-refractivity contribution in [2.75, 3.05) is 0 Å². The second kappa shape index (κ2) is 8.54. The van der Waals surface area contributed by atoms with Crippen LogP contribution < -0.4 is 0 Å². The molecule has 2 aromatic heterocycles. The topological polar surface area (TPSA) is 78.9 Å². The summed E-state index contributed by atoms with van der Waals surface area (Å²) in [4.78, 5) is 23.2. The predicted molar refractivity (Wildman–Crippen MR) is 122 cm³/mol. The molecule has 0 aliphatic heterocycles. The van der Waals surface area contributed by atoms with Crippen molar-refractivity contribution < 1.29 is 14.3 Å². The van der Waals surface area contributed by atoms with Gasteiger partial charge in [0.25, 0.3) is 0 Å². The minimum absolute atomic E-state index is 0.290. The normalized spacial score (nSPS) is 18.7. The van der Waals surface area contributed by atoms with E-state index in [1.165, 1.54) is 17.7 Å². The molecular weight excluding hydrogens is 405 g/mol. The maximum atomic E-state index is 13.4. The van der Waals surface area contributed by atoms with Crippen molar-refractivity contribution in [2.24, 2.45) is 5.92 Å². The van der Waals surface area contributed by atoms with Gasteiger partial charge in [-0.05, 0) is 73.4 Å². The summed E-state index contributed by atoms with van der Waals surface area (Å²) in [5.74, 6) is 0.501. The molecule has 0 amide bonds. The Morgan fingerprint density at radius 1 is 1.00 bits per heavy atom. The van der Waals surface area contributed by atoms with E-state index in [9.17, 15) is 9.18 Å². The van der Waals surface area contributed by atoms with Gasteiger partial charge in [-0.2, -0.15) is 0 Å². The number of carboxylic acid groups (broad SMARTS) is 1. The van der Waals surface area contributed by atoms with Gasteiger partial charge in [0.05, 0.1) is 16.7 Å². The standard InChI is InChI=1S/C26H24FN3O2/c27-21-10-12-23-24(14-21)30-26(29-23)20-9-11-22(28-15-20)19-7-5-18(6-8-19)17-3-1-16(2-4-17)13-25(31)32/h5-12,14-17H,1-4,13H2,(H,29,30)(H,31,32). The van der Waals surface area contributed by atoms with E-state index in [-0.39, 0.29) is 12.2 Å². The summed E-state index contributed by atoms with van der Waals surface area (Å²) in [7, 11) is 0. The summed E-state index contributed by atoms with van der Waals surface area (Å²) in [5.41, 5.74) is 5.47. The summed E-state index contributed by atoms with van der Waals surface area (Å²) in [6.07, 6.45) is 6.13. The van der Waals surface area contributed by atoms with Gasteiger partial charge in [-0.1, -0.05) is 24.3 Å². The predicted octanol–water partition coefficient (Wildman–Crippen LogP) is 6.18. The number of nitrogens with one attached hydrogen (secondary N) is 1. The number of halogens is 1. The lowest BCUT2D eigenvalue weighted by Gasteiger charge is -2.28. The molecule has 6 heteroatoms. The van der Waals surface area contributed by atoms with Gasteiger partial charge in [-0.15, -0.1) is 0 Å². The van der Waals surface area contributed by atoms with Crippen molar-refractivity contribution in [2.45, 2.75) is 38.0 Å². The molecule has 2 N–H and O–H groups in total. The van der Waals surface area contributed by atoms with Gasteiger partial charge in [0.1, 0.15) is 11.6 Å². The molecule has 32 heavy (non-hydrogen) atoms. The summed E-state index contributed by atoms with van der Waals surface area (Å²) in [6.45, 7) is 0. The number of nitrogens with zero attached hydrogens (tertiary/aromatic N) is 2. The van der Waals surface area contributed by atoms with E-state index in [4.69, 9.17) is 5.11 Å². The SMILES string of the molecule is O=C(O)CC1CCC(c2ccc(-c3ccc(-c4nc5ccc(F)cc5[nH]4)cn3)cc2)CC1. The van der Waals surface area contributed by atoms with E-state index >= 15 is 0 Å². The molecule has 0 radical (unpaired) electrons. The first-order chi connectivity index (χ1) is 15.5. The molecule has 0 saturated heterocycles. The van der Waals surface area contributed by atoms with Crippen molar-refractivity contribution in [1.82, 2.24) is 15.0 Å². The van der Waals surface area contributed by atoms with Crippen LogP contribution in [0.15, 0.2) is 60.8 Å². The molecule has 4 aromatic rings. The molecule has 0 unspecified atom stereocenters. The lowest BCUT2D eigenvalue weighted by atomic mass is 9.77. The summed E-state index contributed by atoms with van der Waals surface area (Å²) >= 11 is 0. The maximum absolute atomic E-state index is 13.4. The van der Waals surface area contributed by atoms with Crippen LogP contribution in [0, 0.1) is 11.7 Å². The van der Waals surface area contributed by atoms with Crippen LogP contribution in [0.2, 0.25) is 0 Å². The number of aromatic amines is 1. The molecular formula is C26H24FN3O2. The lowest BCUT2D eigenvalue weighted by molar-refractivity contribution is -0.138. The van der Waals surface area contributed by atoms with Crippen LogP contribution in [0.4, 0.5) is 4.39 Å². The molecule has 1 aliphatic carbocycles. The van der Waals surface area contributed by atoms with Gasteiger partial charge in [0.15, 0.2) is 0 Å². The zero-order valence-corrected chi connectivity index (χ0v) is 17.6. The lowest BCUT2D eigenvalue weighted by Crippen LogP contribution is -2.16. The first-order valence-electron chi connectivity index (χ1n) is 11.0. The second-order valence-electron chi connectivity index (χ2n) is 8.62. The third-order valence-corrected chi connectivity index (χ3v) is 6.47. The number of H-pyrrole nitrogens is 1. The minimum atomic E-state index is -0.689. The van der Waals surface area contributed by atoms with Crippen molar-refractivity contribution in [3.63, 3.8) is 0 Å². The third-order valence-electron chi connectivity index (χ3n) is 6.47. The number of benzene rings is 2. The number of pyridine rings is 1. The Balaban J connectivity index is 1.27. The van der Waals surface area contributed by atoms with Gasteiger partial charge >= 0.3 is 5.97 Å². The zero-order valence-electron chi connectivity index (χ0n) is 17.6. The largest absolute Gasteiger partial charge is 0.481 e. The highest BCUT2D eigenvalue weighted by molar-refractivity contribution is 5.79. The molecule has 0 atom stereocenters. The average molecular weight is 429 g/mol. The van der Waals surface area contributed by atoms with Gasteiger partial charge in [0, 0.05) is 23.7 Å². The molecule has 1 fully saturated rings. The summed E-state index contributed by atoms with van der Waals surface area (Å²) in [5, 5.41) is 8.99. The van der Waals surface area contributed by atoms with E-state index in [0.29, 0.717) is 23.2 Å². The smallest absolute Gasteiger partial charge is 0.303 e. The Hall–Kier alpha value is -3.54. The number of carbonyl (C=O) groups is 1. The Bertz CT molecular complexity index is 1240. The number of aromatic nitrogens is 3. The third kappa shape index (κ3) is 4.26. The van der Waals surface area contributed by atoms with Crippen LogP contribution in [0.3, 0.4) is 0 Å². The molecule has 162 valence electrons. The summed E-state index contributed by atoms with van der Waals surface area (Å²) in [6, 6.07) is 17.0. The molecule has 1 saturated carbocycles. The highest BCUT2D eigenvalue weighted by Crippen LogP contribution is 2.37. The van der Waals surface area contributed by atoms with Crippen LogP contribution in [-0.4, -0.2) is 26.0 Å². The van der Waals surface area contributed by atoms with Crippen LogP contribution in [0.5, 0.6) is 0 Å². The number of imidazole rings is 1. The zero-order chi connectivity index (χ0) is 22.1. The van der Waals surface area contributed by atoms with Gasteiger partial charge in [-0.3, -0.25) is 9.78 Å². The van der Waals surface area contributed by atoms with Crippen molar-refractivity contribution >= 4 is 17.0 Å². The van der Waals surface area contributed by atoms with Crippen molar-refractivity contribution in [3.05, 3.63) is 72.2 Å². The number of fused-ring (bicyclic) bond motifs is 1.